The molecule has 0 aliphatic rings. The number of carboxylic acids is 1. The topological polar surface area (TPSA) is 40.1 Å². The van der Waals surface area contributed by atoms with Crippen LogP contribution in [0.1, 0.15) is 6.92 Å². The van der Waals surface area contributed by atoms with Gasteiger partial charge in [0, 0.05) is 5.97 Å². The second-order valence-corrected chi connectivity index (χ2v) is 0.492. The standard InChI is InChI=1S/C2H4O2.Al.Cu.3H/c1-2(3)4;;;;;/h1H3,(H,3,4);;;;;/q;;+1;;;/p-1. The van der Waals surface area contributed by atoms with Crippen LogP contribution in [0.15, 0.2) is 0 Å². The average molecular weight is 153 g/mol. The van der Waals surface area contributed by atoms with Crippen molar-refractivity contribution in [3.63, 3.8) is 0 Å². The molecule has 0 aromatic rings. The van der Waals surface area contributed by atoms with Gasteiger partial charge in [0.05, 0.1) is 0 Å². The van der Waals surface area contributed by atoms with Crippen molar-refractivity contribution < 1.29 is 27.0 Å². The van der Waals surface area contributed by atoms with E-state index in [1.165, 1.54) is 0 Å². The fourth-order valence-electron chi connectivity index (χ4n) is 0. The minimum Gasteiger partial charge on any atom is -0.550 e. The second-order valence-electron chi connectivity index (χ2n) is 0.492. The largest absolute Gasteiger partial charge is 1.00 e. The molecular formula is C2H6AlCuO2. The van der Waals surface area contributed by atoms with E-state index >= 15 is 0 Å². The quantitative estimate of drug-likeness (QED) is 0.362. The fourth-order valence-corrected chi connectivity index (χ4v) is 0. The summed E-state index contributed by atoms with van der Waals surface area (Å²) in [6.07, 6.45) is 0. The van der Waals surface area contributed by atoms with E-state index in [1.54, 1.807) is 0 Å². The van der Waals surface area contributed by atoms with Crippen LogP contribution < -0.4 is 5.11 Å². The molecule has 2 nitrogen and oxygen atoms in total. The van der Waals surface area contributed by atoms with E-state index in [-0.39, 0.29) is 34.4 Å². The first kappa shape index (κ1) is 16.0. The average Bonchev–Trinajstić information content (AvgIpc) is 0.811. The van der Waals surface area contributed by atoms with Gasteiger partial charge in [-0.2, -0.15) is 0 Å². The summed E-state index contributed by atoms with van der Waals surface area (Å²) in [4.78, 5) is 8.89. The van der Waals surface area contributed by atoms with Gasteiger partial charge in [-0.1, -0.05) is 0 Å². The zero-order chi connectivity index (χ0) is 3.58. The minimum atomic E-state index is -1.08. The Balaban J connectivity index is -0.0000000450. The molecule has 0 aromatic heterocycles. The molecule has 0 aromatic carbocycles. The van der Waals surface area contributed by atoms with Crippen LogP contribution in [0.2, 0.25) is 0 Å². The Bertz CT molecular complexity index is 34.5. The maximum Gasteiger partial charge on any atom is 1.00 e. The van der Waals surface area contributed by atoms with Crippen molar-refractivity contribution >= 4 is 23.3 Å². The number of carboxylic acid groups (broad SMARTS) is 1. The van der Waals surface area contributed by atoms with Gasteiger partial charge in [0.1, 0.15) is 0 Å². The number of aliphatic carboxylic acids is 1. The summed E-state index contributed by atoms with van der Waals surface area (Å²) in [5.74, 6) is -1.08. The summed E-state index contributed by atoms with van der Waals surface area (Å²) in [5.41, 5.74) is 0. The Morgan fingerprint density at radius 1 is 1.67 bits per heavy atom. The third kappa shape index (κ3) is 206. The molecule has 0 atom stereocenters. The predicted octanol–water partition coefficient (Wildman–Crippen LogP) is -2.43. The van der Waals surface area contributed by atoms with E-state index in [9.17, 15) is 0 Å². The van der Waals surface area contributed by atoms with Crippen LogP contribution in [0, 0.1) is 0 Å². The van der Waals surface area contributed by atoms with Crippen LogP contribution in [-0.2, 0) is 21.9 Å². The SMILES string of the molecule is CC(=O)[O-].[AlH3].[Cu+]. The number of hydrogen-bond donors (Lipinski definition) is 0. The van der Waals surface area contributed by atoms with Gasteiger partial charge in [-0.15, -0.1) is 0 Å². The molecule has 0 N–H and O–H groups in total. The van der Waals surface area contributed by atoms with Crippen LogP contribution in [0.25, 0.3) is 0 Å². The molecule has 0 spiro atoms. The Hall–Kier alpha value is 0.522. The Labute approximate surface area is 57.5 Å². The molecule has 6 heavy (non-hydrogen) atoms. The smallest absolute Gasteiger partial charge is 0.550 e. The molecular weight excluding hydrogens is 147 g/mol. The predicted molar refractivity (Wildman–Crippen MR) is 20.6 cm³/mol. The van der Waals surface area contributed by atoms with E-state index in [1.807, 2.05) is 0 Å². The normalized spacial score (nSPS) is 4.17. The van der Waals surface area contributed by atoms with E-state index in [0.717, 1.165) is 6.92 Å². The van der Waals surface area contributed by atoms with E-state index in [4.69, 9.17) is 9.90 Å². The fraction of sp³-hybridized carbons (Fsp3) is 0.500. The molecule has 4 heteroatoms. The van der Waals surface area contributed by atoms with Crippen LogP contribution in [0.5, 0.6) is 0 Å². The molecule has 40 valence electrons. The maximum absolute atomic E-state index is 8.89. The molecule has 0 aliphatic heterocycles. The zero-order valence-electron chi connectivity index (χ0n) is 2.62. The van der Waals surface area contributed by atoms with Crippen LogP contribution in [0.4, 0.5) is 0 Å². The minimum absolute atomic E-state index is 0. The van der Waals surface area contributed by atoms with Crippen molar-refractivity contribution in [1.82, 2.24) is 0 Å². The number of carbonyl (C=O) groups is 1. The van der Waals surface area contributed by atoms with E-state index in [2.05, 4.69) is 0 Å². The first-order chi connectivity index (χ1) is 1.73. The van der Waals surface area contributed by atoms with Gasteiger partial charge in [-0.3, -0.25) is 0 Å². The Morgan fingerprint density at radius 3 is 1.67 bits per heavy atom. The van der Waals surface area contributed by atoms with Gasteiger partial charge in [0.25, 0.3) is 0 Å². The second kappa shape index (κ2) is 9.10. The Kier molecular flexibility index (Phi) is 24.3. The van der Waals surface area contributed by atoms with Gasteiger partial charge >= 0.3 is 17.1 Å². The molecule has 0 saturated carbocycles. The summed E-state index contributed by atoms with van der Waals surface area (Å²) in [6, 6.07) is 0. The first-order valence-electron chi connectivity index (χ1n) is 0.908. The molecule has 0 radical (unpaired) electrons. The summed E-state index contributed by atoms with van der Waals surface area (Å²) >= 11 is 0. The maximum atomic E-state index is 8.89. The summed E-state index contributed by atoms with van der Waals surface area (Å²) in [7, 11) is 0. The van der Waals surface area contributed by atoms with Gasteiger partial charge in [-0.05, 0) is 6.92 Å². The Morgan fingerprint density at radius 2 is 1.67 bits per heavy atom. The molecule has 0 bridgehead atoms. The summed E-state index contributed by atoms with van der Waals surface area (Å²) in [5, 5.41) is 8.89. The molecule has 0 unspecified atom stereocenters. The van der Waals surface area contributed by atoms with E-state index in [0.29, 0.717) is 0 Å². The number of carbonyl (C=O) groups excluding carboxylic acids is 1. The van der Waals surface area contributed by atoms with Crippen molar-refractivity contribution in [2.24, 2.45) is 0 Å². The molecule has 0 heterocycles. The van der Waals surface area contributed by atoms with Gasteiger partial charge in [0.2, 0.25) is 0 Å². The first-order valence-corrected chi connectivity index (χ1v) is 0.908. The molecule has 0 saturated heterocycles. The molecule has 0 aliphatic carbocycles. The van der Waals surface area contributed by atoms with Crippen LogP contribution in [-0.4, -0.2) is 23.3 Å². The third-order valence-electron chi connectivity index (χ3n) is 0. The van der Waals surface area contributed by atoms with Crippen molar-refractivity contribution in [1.29, 1.82) is 0 Å². The van der Waals surface area contributed by atoms with Gasteiger partial charge in [0.15, 0.2) is 17.4 Å². The van der Waals surface area contributed by atoms with Crippen molar-refractivity contribution in [2.45, 2.75) is 6.92 Å². The van der Waals surface area contributed by atoms with Crippen LogP contribution >= 0.6 is 0 Å². The number of hydrogen-bond acceptors (Lipinski definition) is 2. The van der Waals surface area contributed by atoms with Crippen molar-refractivity contribution in [2.75, 3.05) is 0 Å². The third-order valence-corrected chi connectivity index (χ3v) is 0. The van der Waals surface area contributed by atoms with Crippen molar-refractivity contribution in [3.05, 3.63) is 0 Å². The summed E-state index contributed by atoms with van der Waals surface area (Å²) in [6.45, 7) is 0.972. The zero-order valence-corrected chi connectivity index (χ0v) is 3.56. The van der Waals surface area contributed by atoms with Gasteiger partial charge < -0.3 is 9.90 Å². The van der Waals surface area contributed by atoms with Gasteiger partial charge in [-0.25, -0.2) is 0 Å². The van der Waals surface area contributed by atoms with E-state index < -0.39 is 5.97 Å². The van der Waals surface area contributed by atoms with Crippen LogP contribution in [0.3, 0.4) is 0 Å². The summed E-state index contributed by atoms with van der Waals surface area (Å²) < 4.78 is 0. The number of rotatable bonds is 0. The molecule has 0 rings (SSSR count). The van der Waals surface area contributed by atoms with Crippen molar-refractivity contribution in [3.8, 4) is 0 Å². The molecule has 0 fully saturated rings. The molecule has 0 amide bonds. The monoisotopic (exact) mass is 152 g/mol.